The van der Waals surface area contributed by atoms with Gasteiger partial charge in [0.1, 0.15) is 5.82 Å². The Morgan fingerprint density at radius 2 is 1.96 bits per heavy atom. The lowest BCUT2D eigenvalue weighted by Gasteiger charge is -2.17. The van der Waals surface area contributed by atoms with Crippen LogP contribution in [0.2, 0.25) is 0 Å². The van der Waals surface area contributed by atoms with Gasteiger partial charge in [0, 0.05) is 36.5 Å². The van der Waals surface area contributed by atoms with Crippen LogP contribution in [0, 0.1) is 28.8 Å². The molecule has 2 amide bonds. The van der Waals surface area contributed by atoms with E-state index in [0.29, 0.717) is 16.9 Å². The third-order valence-corrected chi connectivity index (χ3v) is 4.31. The minimum absolute atomic E-state index is 0.0221. The fraction of sp³-hybridized carbons (Fsp3) is 0.222. The van der Waals surface area contributed by atoms with Crippen LogP contribution in [0.3, 0.4) is 0 Å². The van der Waals surface area contributed by atoms with Crippen LogP contribution < -0.4 is 10.2 Å². The van der Waals surface area contributed by atoms with Gasteiger partial charge in [0.2, 0.25) is 11.8 Å². The number of hydrogen-bond donors (Lipinski definition) is 1. The highest BCUT2D eigenvalue weighted by Crippen LogP contribution is 2.27. The van der Waals surface area contributed by atoms with Crippen molar-refractivity contribution in [1.82, 2.24) is 0 Å². The summed E-state index contributed by atoms with van der Waals surface area (Å²) in [5, 5.41) is 13.3. The number of nitrogens with one attached hydrogen (secondary N) is 1. The van der Waals surface area contributed by atoms with Gasteiger partial charge in [0.15, 0.2) is 0 Å². The van der Waals surface area contributed by atoms with Gasteiger partial charge < -0.3 is 10.2 Å². The molecular formula is C18H16FN3O4. The van der Waals surface area contributed by atoms with E-state index >= 15 is 0 Å². The molecule has 26 heavy (non-hydrogen) atoms. The first-order chi connectivity index (χ1) is 12.3. The van der Waals surface area contributed by atoms with E-state index in [4.69, 9.17) is 0 Å². The van der Waals surface area contributed by atoms with Crippen molar-refractivity contribution in [2.45, 2.75) is 13.3 Å². The average molecular weight is 357 g/mol. The predicted molar refractivity (Wildman–Crippen MR) is 93.3 cm³/mol. The van der Waals surface area contributed by atoms with E-state index in [-0.39, 0.29) is 30.5 Å². The van der Waals surface area contributed by atoms with Gasteiger partial charge in [-0.3, -0.25) is 19.7 Å². The summed E-state index contributed by atoms with van der Waals surface area (Å²) in [6, 6.07) is 9.95. The number of rotatable bonds is 4. The molecule has 3 rings (SSSR count). The van der Waals surface area contributed by atoms with Gasteiger partial charge in [0.05, 0.1) is 10.8 Å². The average Bonchev–Trinajstić information content (AvgIpc) is 3.00. The van der Waals surface area contributed by atoms with E-state index in [1.165, 1.54) is 35.2 Å². The maximum Gasteiger partial charge on any atom is 0.269 e. The van der Waals surface area contributed by atoms with Crippen LogP contribution in [0.1, 0.15) is 12.0 Å². The summed E-state index contributed by atoms with van der Waals surface area (Å²) in [6.07, 6.45) is 0.0221. The minimum atomic E-state index is -0.581. The van der Waals surface area contributed by atoms with Crippen molar-refractivity contribution in [2.75, 3.05) is 16.8 Å². The number of nitrogens with zero attached hydrogens (tertiary/aromatic N) is 2. The molecule has 1 aliphatic heterocycles. The number of anilines is 2. The number of hydrogen-bond acceptors (Lipinski definition) is 4. The normalized spacial score (nSPS) is 16.6. The van der Waals surface area contributed by atoms with Crippen molar-refractivity contribution in [3.63, 3.8) is 0 Å². The molecule has 0 aliphatic carbocycles. The van der Waals surface area contributed by atoms with E-state index in [1.807, 2.05) is 0 Å². The number of nitro benzene ring substituents is 1. The van der Waals surface area contributed by atoms with Crippen LogP contribution in [0.5, 0.6) is 0 Å². The molecule has 0 bridgehead atoms. The molecule has 0 saturated carbocycles. The largest absolute Gasteiger partial charge is 0.326 e. The Hall–Kier alpha value is -3.29. The summed E-state index contributed by atoms with van der Waals surface area (Å²) in [7, 11) is 0. The van der Waals surface area contributed by atoms with Crippen LogP contribution in [0.25, 0.3) is 0 Å². The second-order valence-electron chi connectivity index (χ2n) is 6.13. The van der Waals surface area contributed by atoms with Crippen LogP contribution in [-0.4, -0.2) is 23.3 Å². The van der Waals surface area contributed by atoms with E-state index in [1.54, 1.807) is 19.1 Å². The van der Waals surface area contributed by atoms with Crippen molar-refractivity contribution in [3.8, 4) is 0 Å². The van der Waals surface area contributed by atoms with Crippen LogP contribution in [0.15, 0.2) is 42.5 Å². The molecule has 1 fully saturated rings. The zero-order valence-electron chi connectivity index (χ0n) is 13.9. The molecule has 134 valence electrons. The molecule has 0 spiro atoms. The van der Waals surface area contributed by atoms with Crippen LogP contribution >= 0.6 is 0 Å². The fourth-order valence-corrected chi connectivity index (χ4v) is 2.79. The fourth-order valence-electron chi connectivity index (χ4n) is 2.79. The highest BCUT2D eigenvalue weighted by atomic mass is 19.1. The Morgan fingerprint density at radius 3 is 2.58 bits per heavy atom. The van der Waals surface area contributed by atoms with E-state index in [2.05, 4.69) is 5.32 Å². The van der Waals surface area contributed by atoms with Crippen molar-refractivity contribution in [1.29, 1.82) is 0 Å². The minimum Gasteiger partial charge on any atom is -0.326 e. The molecule has 8 heteroatoms. The van der Waals surface area contributed by atoms with Crippen molar-refractivity contribution in [3.05, 3.63) is 64.0 Å². The second kappa shape index (κ2) is 6.91. The van der Waals surface area contributed by atoms with Gasteiger partial charge in [-0.25, -0.2) is 4.39 Å². The molecule has 2 aromatic carbocycles. The third-order valence-electron chi connectivity index (χ3n) is 4.31. The summed E-state index contributed by atoms with van der Waals surface area (Å²) in [5.41, 5.74) is 1.23. The van der Waals surface area contributed by atoms with Gasteiger partial charge in [-0.15, -0.1) is 0 Å². The molecule has 2 aromatic rings. The maximum atomic E-state index is 13.7. The topological polar surface area (TPSA) is 92.6 Å². The summed E-state index contributed by atoms with van der Waals surface area (Å²) in [4.78, 5) is 36.1. The first-order valence-electron chi connectivity index (χ1n) is 7.97. The summed E-state index contributed by atoms with van der Waals surface area (Å²) >= 11 is 0. The van der Waals surface area contributed by atoms with E-state index in [9.17, 15) is 24.1 Å². The first-order valence-corrected chi connectivity index (χ1v) is 7.97. The number of aryl methyl sites for hydroxylation is 1. The molecule has 1 heterocycles. The Balaban J connectivity index is 1.68. The monoisotopic (exact) mass is 357 g/mol. The lowest BCUT2D eigenvalue weighted by molar-refractivity contribution is -0.384. The number of carbonyl (C=O) groups excluding carboxylic acids is 2. The zero-order chi connectivity index (χ0) is 18.8. The lowest BCUT2D eigenvalue weighted by atomic mass is 10.1. The lowest BCUT2D eigenvalue weighted by Crippen LogP contribution is -2.28. The SMILES string of the molecule is Cc1ccc(N2CC(C(=O)Nc3ccc([N+](=O)[O-])cc3)CC2=O)cc1F. The Bertz CT molecular complexity index is 883. The quantitative estimate of drug-likeness (QED) is 0.672. The molecule has 1 aliphatic rings. The number of carbonyl (C=O) groups is 2. The molecule has 0 aromatic heterocycles. The number of benzene rings is 2. The van der Waals surface area contributed by atoms with Gasteiger partial charge in [-0.1, -0.05) is 6.07 Å². The van der Waals surface area contributed by atoms with Crippen LogP contribution in [-0.2, 0) is 9.59 Å². The summed E-state index contributed by atoms with van der Waals surface area (Å²) in [6.45, 7) is 1.78. The molecule has 1 saturated heterocycles. The number of nitro groups is 1. The van der Waals surface area contributed by atoms with Crippen molar-refractivity contribution < 1.29 is 18.9 Å². The maximum absolute atomic E-state index is 13.7. The summed E-state index contributed by atoms with van der Waals surface area (Å²) in [5.74, 6) is -1.60. The molecule has 0 radical (unpaired) electrons. The number of halogens is 1. The first kappa shape index (κ1) is 17.5. The van der Waals surface area contributed by atoms with Gasteiger partial charge in [-0.05, 0) is 36.8 Å². The van der Waals surface area contributed by atoms with Crippen LogP contribution in [0.4, 0.5) is 21.5 Å². The van der Waals surface area contributed by atoms with Gasteiger partial charge in [0.25, 0.3) is 5.69 Å². The smallest absolute Gasteiger partial charge is 0.269 e. The van der Waals surface area contributed by atoms with Crippen molar-refractivity contribution in [2.24, 2.45) is 5.92 Å². The molecule has 7 nitrogen and oxygen atoms in total. The third kappa shape index (κ3) is 3.53. The Labute approximate surface area is 148 Å². The number of non-ortho nitro benzene ring substituents is 1. The zero-order valence-corrected chi connectivity index (χ0v) is 13.9. The number of amides is 2. The highest BCUT2D eigenvalue weighted by molar-refractivity contribution is 6.03. The summed E-state index contributed by atoms with van der Waals surface area (Å²) < 4.78 is 13.7. The molecule has 1 atom stereocenters. The second-order valence-corrected chi connectivity index (χ2v) is 6.13. The standard InChI is InChI=1S/C18H16FN3O4/c1-11-2-5-15(9-16(11)19)21-10-12(8-17(21)23)18(24)20-13-3-6-14(7-4-13)22(25)26/h2-7,9,12H,8,10H2,1H3,(H,20,24). The van der Waals surface area contributed by atoms with E-state index in [0.717, 1.165) is 0 Å². The van der Waals surface area contributed by atoms with Gasteiger partial charge >= 0.3 is 0 Å². The Kier molecular flexibility index (Phi) is 4.66. The highest BCUT2D eigenvalue weighted by Gasteiger charge is 2.35. The van der Waals surface area contributed by atoms with Gasteiger partial charge in [-0.2, -0.15) is 0 Å². The van der Waals surface area contributed by atoms with Crippen molar-refractivity contribution >= 4 is 28.9 Å². The van der Waals surface area contributed by atoms with E-state index < -0.39 is 16.7 Å². The molecule has 1 unspecified atom stereocenters. The predicted octanol–water partition coefficient (Wildman–Crippen LogP) is 3.03. The molecular weight excluding hydrogens is 341 g/mol. The molecule has 1 N–H and O–H groups in total. The Morgan fingerprint density at radius 1 is 1.27 bits per heavy atom.